The Morgan fingerprint density at radius 2 is 1.33 bits per heavy atom. The van der Waals surface area contributed by atoms with E-state index in [0.717, 1.165) is 27.7 Å². The molecule has 2 nitrogen and oxygen atoms in total. The van der Waals surface area contributed by atoms with Crippen LogP contribution in [-0.2, 0) is 5.60 Å². The van der Waals surface area contributed by atoms with Crippen LogP contribution in [0.4, 0.5) is 0 Å². The topological polar surface area (TPSA) is 36.0 Å². The third-order valence-electron chi connectivity index (χ3n) is 4.55. The Kier molecular flexibility index (Phi) is 3.47. The van der Waals surface area contributed by atoms with E-state index in [9.17, 15) is 5.11 Å². The van der Waals surface area contributed by atoms with Crippen molar-refractivity contribution in [3.63, 3.8) is 0 Å². The van der Waals surface area contributed by atoms with Crippen molar-refractivity contribution in [1.82, 2.24) is 4.98 Å². The lowest BCUT2D eigenvalue weighted by Gasteiger charge is -2.28. The van der Waals surface area contributed by atoms with Crippen LogP contribution >= 0.6 is 0 Å². The molecule has 0 saturated heterocycles. The van der Waals surface area contributed by atoms with Gasteiger partial charge in [-0.1, -0.05) is 72.3 Å². The molecule has 0 aliphatic carbocycles. The molecule has 2 heteroatoms. The number of aromatic amines is 1. The first-order chi connectivity index (χ1) is 11.7. The van der Waals surface area contributed by atoms with E-state index >= 15 is 0 Å². The highest BCUT2D eigenvalue weighted by atomic mass is 16.3. The third-order valence-corrected chi connectivity index (χ3v) is 4.55. The van der Waals surface area contributed by atoms with Crippen LogP contribution < -0.4 is 0 Å². The summed E-state index contributed by atoms with van der Waals surface area (Å²) >= 11 is 0. The van der Waals surface area contributed by atoms with Crippen LogP contribution in [0, 0.1) is 6.92 Å². The molecule has 2 N–H and O–H groups in total. The number of benzene rings is 3. The van der Waals surface area contributed by atoms with Gasteiger partial charge in [-0.25, -0.2) is 0 Å². The third kappa shape index (κ3) is 2.32. The number of rotatable bonds is 3. The van der Waals surface area contributed by atoms with Crippen LogP contribution in [-0.4, -0.2) is 10.1 Å². The minimum atomic E-state index is -1.21. The molecule has 1 heterocycles. The summed E-state index contributed by atoms with van der Waals surface area (Å²) in [5.74, 6) is 0. The summed E-state index contributed by atoms with van der Waals surface area (Å²) in [6.45, 7) is 2.08. The van der Waals surface area contributed by atoms with Crippen molar-refractivity contribution in [2.24, 2.45) is 0 Å². The van der Waals surface area contributed by atoms with Gasteiger partial charge in [-0.05, 0) is 36.2 Å². The molecule has 24 heavy (non-hydrogen) atoms. The quantitative estimate of drug-likeness (QED) is 0.562. The fourth-order valence-corrected chi connectivity index (χ4v) is 3.28. The summed E-state index contributed by atoms with van der Waals surface area (Å²) in [6.07, 6.45) is 0. The standard InChI is InChI=1S/C22H19NO/c1-16-12-13-20-17(14-16)15-21(23-20)22(24,18-8-4-2-5-9-18)19-10-6-3-7-11-19/h2-15,23-24H,1H3. The van der Waals surface area contributed by atoms with Crippen molar-refractivity contribution in [1.29, 1.82) is 0 Å². The summed E-state index contributed by atoms with van der Waals surface area (Å²) in [4.78, 5) is 3.41. The van der Waals surface area contributed by atoms with Gasteiger partial charge in [0.15, 0.2) is 5.60 Å². The number of aryl methyl sites for hydroxylation is 1. The molecule has 0 aliphatic rings. The minimum absolute atomic E-state index is 0.778. The van der Waals surface area contributed by atoms with E-state index in [1.54, 1.807) is 0 Å². The molecule has 0 atom stereocenters. The fourth-order valence-electron chi connectivity index (χ4n) is 3.28. The van der Waals surface area contributed by atoms with Crippen molar-refractivity contribution in [3.05, 3.63) is 107 Å². The number of H-pyrrole nitrogens is 1. The van der Waals surface area contributed by atoms with Gasteiger partial charge in [-0.15, -0.1) is 0 Å². The maximum atomic E-state index is 11.8. The highest BCUT2D eigenvalue weighted by Gasteiger charge is 2.35. The Labute approximate surface area is 141 Å². The van der Waals surface area contributed by atoms with E-state index in [1.807, 2.05) is 66.7 Å². The van der Waals surface area contributed by atoms with E-state index in [2.05, 4.69) is 30.1 Å². The zero-order chi connectivity index (χ0) is 16.6. The molecule has 1 aromatic heterocycles. The average Bonchev–Trinajstić information content (AvgIpc) is 3.06. The van der Waals surface area contributed by atoms with Gasteiger partial charge in [0.25, 0.3) is 0 Å². The maximum absolute atomic E-state index is 11.8. The van der Waals surface area contributed by atoms with Gasteiger partial charge in [0.2, 0.25) is 0 Å². The van der Waals surface area contributed by atoms with Gasteiger partial charge in [0.05, 0.1) is 5.69 Å². The molecule has 0 fully saturated rings. The molecule has 0 amide bonds. The molecule has 0 aliphatic heterocycles. The zero-order valence-corrected chi connectivity index (χ0v) is 13.5. The monoisotopic (exact) mass is 313 g/mol. The number of fused-ring (bicyclic) bond motifs is 1. The molecule has 4 rings (SSSR count). The Bertz CT molecular complexity index is 931. The number of hydrogen-bond acceptors (Lipinski definition) is 1. The Hall–Kier alpha value is -2.84. The van der Waals surface area contributed by atoms with Crippen LogP contribution in [0.3, 0.4) is 0 Å². The second kappa shape index (κ2) is 5.66. The van der Waals surface area contributed by atoms with Gasteiger partial charge in [-0.3, -0.25) is 0 Å². The predicted molar refractivity (Wildman–Crippen MR) is 98.0 cm³/mol. The van der Waals surface area contributed by atoms with E-state index < -0.39 is 5.60 Å². The summed E-state index contributed by atoms with van der Waals surface area (Å²) in [7, 11) is 0. The summed E-state index contributed by atoms with van der Waals surface area (Å²) in [6, 6.07) is 27.9. The maximum Gasteiger partial charge on any atom is 0.155 e. The molecule has 118 valence electrons. The van der Waals surface area contributed by atoms with Crippen molar-refractivity contribution in [2.45, 2.75) is 12.5 Å². The van der Waals surface area contributed by atoms with Crippen LogP contribution in [0.5, 0.6) is 0 Å². The molecule has 0 saturated carbocycles. The molecule has 0 bridgehead atoms. The molecule has 4 aromatic rings. The lowest BCUT2D eigenvalue weighted by Crippen LogP contribution is -2.29. The first-order valence-corrected chi connectivity index (χ1v) is 8.11. The van der Waals surface area contributed by atoms with Crippen LogP contribution in [0.15, 0.2) is 84.9 Å². The van der Waals surface area contributed by atoms with Gasteiger partial charge in [-0.2, -0.15) is 0 Å². The molecule has 3 aromatic carbocycles. The summed E-state index contributed by atoms with van der Waals surface area (Å²) < 4.78 is 0. The fraction of sp³-hybridized carbons (Fsp3) is 0.0909. The van der Waals surface area contributed by atoms with Crippen molar-refractivity contribution >= 4 is 10.9 Å². The normalized spacial score (nSPS) is 11.8. The van der Waals surface area contributed by atoms with Crippen LogP contribution in [0.1, 0.15) is 22.4 Å². The lowest BCUT2D eigenvalue weighted by atomic mass is 9.83. The van der Waals surface area contributed by atoms with E-state index in [4.69, 9.17) is 0 Å². The Morgan fingerprint density at radius 3 is 1.92 bits per heavy atom. The molecule has 0 spiro atoms. The molecule has 0 unspecified atom stereocenters. The number of aliphatic hydroxyl groups is 1. The number of nitrogens with one attached hydrogen (secondary N) is 1. The van der Waals surface area contributed by atoms with E-state index in [1.165, 1.54) is 5.56 Å². The lowest BCUT2D eigenvalue weighted by molar-refractivity contribution is 0.121. The molecular formula is C22H19NO. The zero-order valence-electron chi connectivity index (χ0n) is 13.5. The summed E-state index contributed by atoms with van der Waals surface area (Å²) in [5.41, 5.74) is 3.49. The first kappa shape index (κ1) is 14.7. The minimum Gasteiger partial charge on any atom is -0.375 e. The Morgan fingerprint density at radius 1 is 0.750 bits per heavy atom. The van der Waals surface area contributed by atoms with Crippen molar-refractivity contribution < 1.29 is 5.11 Å². The van der Waals surface area contributed by atoms with Gasteiger partial charge in [0.1, 0.15) is 0 Å². The second-order valence-corrected chi connectivity index (χ2v) is 6.22. The largest absolute Gasteiger partial charge is 0.375 e. The van der Waals surface area contributed by atoms with Crippen molar-refractivity contribution in [3.8, 4) is 0 Å². The van der Waals surface area contributed by atoms with Gasteiger partial charge < -0.3 is 10.1 Å². The van der Waals surface area contributed by atoms with E-state index in [-0.39, 0.29) is 0 Å². The van der Waals surface area contributed by atoms with Gasteiger partial charge in [0, 0.05) is 10.9 Å². The highest BCUT2D eigenvalue weighted by molar-refractivity contribution is 5.82. The number of hydrogen-bond donors (Lipinski definition) is 2. The summed E-state index contributed by atoms with van der Waals surface area (Å²) in [5, 5.41) is 12.9. The first-order valence-electron chi connectivity index (χ1n) is 8.11. The van der Waals surface area contributed by atoms with Crippen molar-refractivity contribution in [2.75, 3.05) is 0 Å². The highest BCUT2D eigenvalue weighted by Crippen LogP contribution is 2.37. The number of aromatic nitrogens is 1. The van der Waals surface area contributed by atoms with Crippen LogP contribution in [0.25, 0.3) is 10.9 Å². The molecular weight excluding hydrogens is 294 g/mol. The SMILES string of the molecule is Cc1ccc2[nH]c(C(O)(c3ccccc3)c3ccccc3)cc2c1. The second-order valence-electron chi connectivity index (χ2n) is 6.22. The predicted octanol–water partition coefficient (Wildman–Crippen LogP) is 4.76. The van der Waals surface area contributed by atoms with Crippen LogP contribution in [0.2, 0.25) is 0 Å². The molecule has 0 radical (unpaired) electrons. The smallest absolute Gasteiger partial charge is 0.155 e. The Balaban J connectivity index is 1.98. The van der Waals surface area contributed by atoms with E-state index in [0.29, 0.717) is 0 Å². The van der Waals surface area contributed by atoms with Gasteiger partial charge >= 0.3 is 0 Å². The average molecular weight is 313 g/mol.